The van der Waals surface area contributed by atoms with Crippen LogP contribution in [0.4, 0.5) is 0 Å². The highest BCUT2D eigenvalue weighted by molar-refractivity contribution is 6.30. The van der Waals surface area contributed by atoms with Crippen molar-refractivity contribution in [2.24, 2.45) is 5.92 Å². The molecule has 108 valence electrons. The van der Waals surface area contributed by atoms with Crippen LogP contribution in [0.2, 0.25) is 5.02 Å². The number of rotatable bonds is 4. The molecule has 1 aliphatic rings. The van der Waals surface area contributed by atoms with E-state index in [1.165, 1.54) is 0 Å². The van der Waals surface area contributed by atoms with Crippen LogP contribution in [-0.4, -0.2) is 23.0 Å². The predicted molar refractivity (Wildman–Crippen MR) is 76.8 cm³/mol. The van der Waals surface area contributed by atoms with Gasteiger partial charge < -0.3 is 10.4 Å². The van der Waals surface area contributed by atoms with Gasteiger partial charge in [0.25, 0.3) is 0 Å². The van der Waals surface area contributed by atoms with E-state index in [4.69, 9.17) is 16.7 Å². The summed E-state index contributed by atoms with van der Waals surface area (Å²) < 4.78 is 0. The van der Waals surface area contributed by atoms with Crippen LogP contribution in [0.25, 0.3) is 0 Å². The third-order valence-corrected chi connectivity index (χ3v) is 4.17. The first-order valence-corrected chi connectivity index (χ1v) is 6.98. The number of amides is 1. The molecule has 1 aromatic carbocycles. The molecule has 1 amide bonds. The summed E-state index contributed by atoms with van der Waals surface area (Å²) >= 11 is 5.96. The van der Waals surface area contributed by atoms with Crippen molar-refractivity contribution in [3.63, 3.8) is 0 Å². The van der Waals surface area contributed by atoms with Crippen molar-refractivity contribution in [2.75, 3.05) is 0 Å². The van der Waals surface area contributed by atoms with E-state index in [0.29, 0.717) is 17.9 Å². The van der Waals surface area contributed by atoms with Gasteiger partial charge in [0.05, 0.1) is 11.3 Å². The molecule has 1 aliphatic carbocycles. The van der Waals surface area contributed by atoms with Gasteiger partial charge in [0.2, 0.25) is 5.91 Å². The van der Waals surface area contributed by atoms with Crippen molar-refractivity contribution in [1.82, 2.24) is 5.32 Å². The predicted octanol–water partition coefficient (Wildman–Crippen LogP) is 2.60. The summed E-state index contributed by atoms with van der Waals surface area (Å²) in [6.45, 7) is 3.67. The van der Waals surface area contributed by atoms with Crippen LogP contribution in [0.3, 0.4) is 0 Å². The number of benzene rings is 1. The monoisotopic (exact) mass is 295 g/mol. The summed E-state index contributed by atoms with van der Waals surface area (Å²) in [6.07, 6.45) is 1.01. The van der Waals surface area contributed by atoms with Gasteiger partial charge in [-0.15, -0.1) is 0 Å². The molecule has 1 fully saturated rings. The molecule has 0 unspecified atom stereocenters. The van der Waals surface area contributed by atoms with Crippen molar-refractivity contribution >= 4 is 23.5 Å². The number of halogens is 1. The van der Waals surface area contributed by atoms with Gasteiger partial charge in [0.1, 0.15) is 0 Å². The number of carboxylic acids is 1. The zero-order valence-electron chi connectivity index (χ0n) is 11.5. The molecule has 0 atom stereocenters. The van der Waals surface area contributed by atoms with Crippen LogP contribution in [0.1, 0.15) is 32.3 Å². The topological polar surface area (TPSA) is 66.4 Å². The molecule has 2 N–H and O–H groups in total. The normalized spacial score (nSPS) is 21.9. The molecule has 0 aromatic heterocycles. The highest BCUT2D eigenvalue weighted by Crippen LogP contribution is 2.30. The highest BCUT2D eigenvalue weighted by Gasteiger charge is 2.38. The lowest BCUT2D eigenvalue weighted by atomic mass is 9.78. The zero-order chi connectivity index (χ0) is 14.9. The Balaban J connectivity index is 2.00. The lowest BCUT2D eigenvalue weighted by molar-refractivity contribution is -0.146. The highest BCUT2D eigenvalue weighted by atomic mass is 35.5. The largest absolute Gasteiger partial charge is 0.481 e. The zero-order valence-corrected chi connectivity index (χ0v) is 12.3. The minimum atomic E-state index is -0.787. The minimum Gasteiger partial charge on any atom is -0.481 e. The van der Waals surface area contributed by atoms with E-state index in [-0.39, 0.29) is 17.9 Å². The van der Waals surface area contributed by atoms with Crippen molar-refractivity contribution in [3.8, 4) is 0 Å². The van der Waals surface area contributed by atoms with E-state index >= 15 is 0 Å². The molecule has 2 rings (SSSR count). The molecule has 4 nitrogen and oxygen atoms in total. The van der Waals surface area contributed by atoms with Crippen LogP contribution >= 0.6 is 11.6 Å². The second kappa shape index (κ2) is 5.44. The molecule has 0 bridgehead atoms. The average molecular weight is 296 g/mol. The van der Waals surface area contributed by atoms with E-state index in [1.54, 1.807) is 12.1 Å². The number of nitrogens with one attached hydrogen (secondary N) is 1. The second-order valence-corrected chi connectivity index (χ2v) is 6.25. The SMILES string of the molecule is CC(C)(C(=O)NC1CC(C(=O)O)C1)c1cccc(Cl)c1. The van der Waals surface area contributed by atoms with Crippen LogP contribution in [0.15, 0.2) is 24.3 Å². The van der Waals surface area contributed by atoms with Gasteiger partial charge in [0.15, 0.2) is 0 Å². The van der Waals surface area contributed by atoms with Crippen LogP contribution in [-0.2, 0) is 15.0 Å². The number of carboxylic acid groups (broad SMARTS) is 1. The van der Waals surface area contributed by atoms with E-state index in [9.17, 15) is 9.59 Å². The minimum absolute atomic E-state index is 0.0398. The Labute approximate surface area is 123 Å². The summed E-state index contributed by atoms with van der Waals surface area (Å²) in [5, 5.41) is 12.3. The fourth-order valence-electron chi connectivity index (χ4n) is 2.31. The Morgan fingerprint density at radius 1 is 1.35 bits per heavy atom. The van der Waals surface area contributed by atoms with E-state index in [2.05, 4.69) is 5.32 Å². The van der Waals surface area contributed by atoms with Gasteiger partial charge in [-0.1, -0.05) is 23.7 Å². The molecule has 0 saturated heterocycles. The number of carbonyl (C=O) groups excluding carboxylic acids is 1. The third kappa shape index (κ3) is 2.96. The first-order chi connectivity index (χ1) is 9.30. The van der Waals surface area contributed by atoms with E-state index in [0.717, 1.165) is 5.56 Å². The quantitative estimate of drug-likeness (QED) is 0.897. The molecule has 0 aliphatic heterocycles. The summed E-state index contributed by atoms with van der Waals surface area (Å²) in [7, 11) is 0. The molecule has 1 saturated carbocycles. The Kier molecular flexibility index (Phi) is 4.04. The summed E-state index contributed by atoms with van der Waals surface area (Å²) in [5.41, 5.74) is 0.149. The molecule has 0 radical (unpaired) electrons. The van der Waals surface area contributed by atoms with Crippen molar-refractivity contribution in [3.05, 3.63) is 34.9 Å². The van der Waals surface area contributed by atoms with Gasteiger partial charge in [-0.05, 0) is 44.4 Å². The number of hydrogen-bond acceptors (Lipinski definition) is 2. The van der Waals surface area contributed by atoms with Gasteiger partial charge in [-0.25, -0.2) is 0 Å². The maximum atomic E-state index is 12.4. The molecule has 0 heterocycles. The Bertz CT molecular complexity index is 536. The third-order valence-electron chi connectivity index (χ3n) is 3.94. The Morgan fingerprint density at radius 3 is 2.55 bits per heavy atom. The summed E-state index contributed by atoms with van der Waals surface area (Å²) in [6, 6.07) is 7.19. The maximum absolute atomic E-state index is 12.4. The van der Waals surface area contributed by atoms with E-state index < -0.39 is 11.4 Å². The van der Waals surface area contributed by atoms with E-state index in [1.807, 2.05) is 26.0 Å². The van der Waals surface area contributed by atoms with Crippen molar-refractivity contribution < 1.29 is 14.7 Å². The molecule has 5 heteroatoms. The lowest BCUT2D eigenvalue weighted by Crippen LogP contribution is -2.51. The first-order valence-electron chi connectivity index (χ1n) is 6.60. The Hall–Kier alpha value is -1.55. The lowest BCUT2D eigenvalue weighted by Gasteiger charge is -2.35. The fraction of sp³-hybridized carbons (Fsp3) is 0.467. The van der Waals surface area contributed by atoms with Crippen LogP contribution in [0, 0.1) is 5.92 Å². The van der Waals surface area contributed by atoms with Gasteiger partial charge in [-0.3, -0.25) is 9.59 Å². The van der Waals surface area contributed by atoms with Crippen molar-refractivity contribution in [1.29, 1.82) is 0 Å². The summed E-state index contributed by atoms with van der Waals surface area (Å²) in [4.78, 5) is 23.1. The fourth-order valence-corrected chi connectivity index (χ4v) is 2.50. The van der Waals surface area contributed by atoms with Gasteiger partial charge >= 0.3 is 5.97 Å². The first kappa shape index (κ1) is 14.9. The molecule has 1 aromatic rings. The standard InChI is InChI=1S/C15H18ClNO3/c1-15(2,10-4-3-5-11(16)8-10)14(20)17-12-6-9(7-12)13(18)19/h3-5,8-9,12H,6-7H2,1-2H3,(H,17,20)(H,18,19). The smallest absolute Gasteiger partial charge is 0.306 e. The maximum Gasteiger partial charge on any atom is 0.306 e. The van der Waals surface area contributed by atoms with Crippen LogP contribution in [0.5, 0.6) is 0 Å². The van der Waals surface area contributed by atoms with Crippen LogP contribution < -0.4 is 5.32 Å². The molecular formula is C15H18ClNO3. The summed E-state index contributed by atoms with van der Waals surface area (Å²) in [5.74, 6) is -1.22. The molecular weight excluding hydrogens is 278 g/mol. The van der Waals surface area contributed by atoms with Gasteiger partial charge in [0, 0.05) is 11.1 Å². The van der Waals surface area contributed by atoms with Crippen molar-refractivity contribution in [2.45, 2.75) is 38.1 Å². The Morgan fingerprint density at radius 2 is 2.00 bits per heavy atom. The average Bonchev–Trinajstić information content (AvgIpc) is 2.32. The number of carbonyl (C=O) groups is 2. The second-order valence-electron chi connectivity index (χ2n) is 5.81. The van der Waals surface area contributed by atoms with Gasteiger partial charge in [-0.2, -0.15) is 0 Å². The number of aliphatic carboxylic acids is 1. The number of hydrogen-bond donors (Lipinski definition) is 2. The molecule has 20 heavy (non-hydrogen) atoms. The molecule has 0 spiro atoms.